The largest absolute Gasteiger partial charge is 0.352 e. The summed E-state index contributed by atoms with van der Waals surface area (Å²) in [6.07, 6.45) is 1.68. The van der Waals surface area contributed by atoms with Crippen molar-refractivity contribution >= 4 is 17.5 Å². The van der Waals surface area contributed by atoms with E-state index in [1.807, 2.05) is 6.92 Å². The number of hydrogen-bond acceptors (Lipinski definition) is 1. The standard InChI is InChI=1S/C13H17ClFNO/c1-9-5-6-11(15)8-12(9)13(17)16-7-3-4-10(2)14/h5-6,8,10H,3-4,7H2,1-2H3,(H,16,17). The number of nitrogens with one attached hydrogen (secondary N) is 1. The van der Waals surface area contributed by atoms with Crippen LogP contribution in [-0.2, 0) is 0 Å². The molecule has 2 nitrogen and oxygen atoms in total. The Hall–Kier alpha value is -1.09. The van der Waals surface area contributed by atoms with Crippen LogP contribution in [0.25, 0.3) is 0 Å². The number of rotatable bonds is 5. The average molecular weight is 258 g/mol. The molecule has 0 aliphatic heterocycles. The minimum atomic E-state index is -0.393. The first kappa shape index (κ1) is 14.0. The van der Waals surface area contributed by atoms with Crippen molar-refractivity contribution in [2.24, 2.45) is 0 Å². The SMILES string of the molecule is Cc1ccc(F)cc1C(=O)NCCCC(C)Cl. The molecule has 0 aliphatic rings. The molecule has 0 aromatic heterocycles. The molecule has 1 rings (SSSR count). The summed E-state index contributed by atoms with van der Waals surface area (Å²) in [7, 11) is 0. The number of carbonyl (C=O) groups is 1. The second kappa shape index (κ2) is 6.60. The van der Waals surface area contributed by atoms with E-state index in [0.717, 1.165) is 18.4 Å². The van der Waals surface area contributed by atoms with Crippen LogP contribution in [0, 0.1) is 12.7 Å². The second-order valence-electron chi connectivity index (χ2n) is 4.14. The van der Waals surface area contributed by atoms with E-state index in [1.165, 1.54) is 12.1 Å². The quantitative estimate of drug-likeness (QED) is 0.637. The van der Waals surface area contributed by atoms with Crippen LogP contribution in [0.1, 0.15) is 35.7 Å². The third-order valence-corrected chi connectivity index (χ3v) is 2.73. The van der Waals surface area contributed by atoms with Crippen LogP contribution in [0.4, 0.5) is 4.39 Å². The van der Waals surface area contributed by atoms with Crippen LogP contribution in [0.2, 0.25) is 0 Å². The Morgan fingerprint density at radius 1 is 1.53 bits per heavy atom. The topological polar surface area (TPSA) is 29.1 Å². The predicted octanol–water partition coefficient (Wildman–Crippen LogP) is 3.27. The van der Waals surface area contributed by atoms with Gasteiger partial charge in [-0.2, -0.15) is 0 Å². The monoisotopic (exact) mass is 257 g/mol. The van der Waals surface area contributed by atoms with Crippen LogP contribution in [0.5, 0.6) is 0 Å². The minimum Gasteiger partial charge on any atom is -0.352 e. The van der Waals surface area contributed by atoms with E-state index in [-0.39, 0.29) is 11.3 Å². The molecule has 1 unspecified atom stereocenters. The summed E-state index contributed by atoms with van der Waals surface area (Å²) in [6, 6.07) is 4.21. The van der Waals surface area contributed by atoms with Crippen molar-refractivity contribution in [1.82, 2.24) is 5.32 Å². The molecule has 17 heavy (non-hydrogen) atoms. The van der Waals surface area contributed by atoms with Crippen LogP contribution < -0.4 is 5.32 Å². The van der Waals surface area contributed by atoms with Gasteiger partial charge in [0.15, 0.2) is 0 Å². The molecule has 0 bridgehead atoms. The molecule has 0 aliphatic carbocycles. The van der Waals surface area contributed by atoms with Gasteiger partial charge in [-0.05, 0) is 44.4 Å². The number of amides is 1. The molecular formula is C13H17ClFNO. The molecule has 0 spiro atoms. The van der Waals surface area contributed by atoms with Gasteiger partial charge in [-0.3, -0.25) is 4.79 Å². The van der Waals surface area contributed by atoms with Crippen molar-refractivity contribution in [1.29, 1.82) is 0 Å². The third kappa shape index (κ3) is 4.73. The Labute approximate surface area is 106 Å². The Morgan fingerprint density at radius 2 is 2.24 bits per heavy atom. The lowest BCUT2D eigenvalue weighted by molar-refractivity contribution is 0.0952. The summed E-state index contributed by atoms with van der Waals surface area (Å²) in [5.74, 6) is -0.626. The Bertz CT molecular complexity index is 393. The van der Waals surface area contributed by atoms with Crippen LogP contribution in [-0.4, -0.2) is 17.8 Å². The van der Waals surface area contributed by atoms with Gasteiger partial charge in [-0.25, -0.2) is 4.39 Å². The maximum Gasteiger partial charge on any atom is 0.251 e. The second-order valence-corrected chi connectivity index (χ2v) is 4.88. The number of halogens is 2. The molecule has 0 fully saturated rings. The van der Waals surface area contributed by atoms with E-state index in [2.05, 4.69) is 5.32 Å². The van der Waals surface area contributed by atoms with Crippen molar-refractivity contribution in [2.75, 3.05) is 6.54 Å². The molecule has 0 heterocycles. The number of carbonyl (C=O) groups excluding carboxylic acids is 1. The first-order chi connectivity index (χ1) is 8.00. The lowest BCUT2D eigenvalue weighted by atomic mass is 10.1. The average Bonchev–Trinajstić information content (AvgIpc) is 2.27. The fourth-order valence-electron chi connectivity index (χ4n) is 1.52. The number of alkyl halides is 1. The summed E-state index contributed by atoms with van der Waals surface area (Å²) >= 11 is 5.79. The van der Waals surface area contributed by atoms with Crippen molar-refractivity contribution in [3.63, 3.8) is 0 Å². The molecule has 1 N–H and O–H groups in total. The number of aryl methyl sites for hydroxylation is 1. The van der Waals surface area contributed by atoms with Crippen LogP contribution in [0.3, 0.4) is 0 Å². The van der Waals surface area contributed by atoms with Gasteiger partial charge in [-0.1, -0.05) is 6.07 Å². The zero-order valence-electron chi connectivity index (χ0n) is 10.1. The smallest absolute Gasteiger partial charge is 0.251 e. The van der Waals surface area contributed by atoms with Gasteiger partial charge in [0, 0.05) is 17.5 Å². The van der Waals surface area contributed by atoms with Crippen molar-refractivity contribution in [3.8, 4) is 0 Å². The van der Waals surface area contributed by atoms with Gasteiger partial charge in [0.25, 0.3) is 5.91 Å². The van der Waals surface area contributed by atoms with Gasteiger partial charge in [0.2, 0.25) is 0 Å². The molecule has 94 valence electrons. The summed E-state index contributed by atoms with van der Waals surface area (Å²) < 4.78 is 13.0. The summed E-state index contributed by atoms with van der Waals surface area (Å²) in [4.78, 5) is 11.8. The van der Waals surface area contributed by atoms with Gasteiger partial charge >= 0.3 is 0 Å². The van der Waals surface area contributed by atoms with E-state index < -0.39 is 5.82 Å². The van der Waals surface area contributed by atoms with Crippen molar-refractivity contribution in [3.05, 3.63) is 35.1 Å². The first-order valence-electron chi connectivity index (χ1n) is 5.69. The highest BCUT2D eigenvalue weighted by Crippen LogP contribution is 2.10. The van der Waals surface area contributed by atoms with Gasteiger partial charge in [0.05, 0.1) is 0 Å². The highest BCUT2D eigenvalue weighted by atomic mass is 35.5. The lowest BCUT2D eigenvalue weighted by Crippen LogP contribution is -2.25. The first-order valence-corrected chi connectivity index (χ1v) is 6.12. The lowest BCUT2D eigenvalue weighted by Gasteiger charge is -2.08. The maximum absolute atomic E-state index is 13.0. The Kier molecular flexibility index (Phi) is 5.42. The number of benzene rings is 1. The van der Waals surface area contributed by atoms with E-state index in [9.17, 15) is 9.18 Å². The van der Waals surface area contributed by atoms with Crippen molar-refractivity contribution in [2.45, 2.75) is 32.1 Å². The summed E-state index contributed by atoms with van der Waals surface area (Å²) in [5, 5.41) is 2.87. The molecule has 1 amide bonds. The molecule has 1 aromatic carbocycles. The minimum absolute atomic E-state index is 0.114. The number of hydrogen-bond donors (Lipinski definition) is 1. The molecule has 1 atom stereocenters. The van der Waals surface area contributed by atoms with Gasteiger partial charge in [0.1, 0.15) is 5.82 Å². The van der Waals surface area contributed by atoms with Gasteiger partial charge in [-0.15, -0.1) is 11.6 Å². The summed E-state index contributed by atoms with van der Waals surface area (Å²) in [6.45, 7) is 4.27. The zero-order chi connectivity index (χ0) is 12.8. The molecule has 0 radical (unpaired) electrons. The van der Waals surface area contributed by atoms with Crippen LogP contribution >= 0.6 is 11.6 Å². The predicted molar refractivity (Wildman–Crippen MR) is 68.0 cm³/mol. The molecule has 0 saturated heterocycles. The zero-order valence-corrected chi connectivity index (χ0v) is 10.9. The van der Waals surface area contributed by atoms with Crippen LogP contribution in [0.15, 0.2) is 18.2 Å². The molecular weight excluding hydrogens is 241 g/mol. The Balaban J connectivity index is 2.49. The van der Waals surface area contributed by atoms with Crippen molar-refractivity contribution < 1.29 is 9.18 Å². The Morgan fingerprint density at radius 3 is 2.88 bits per heavy atom. The summed E-state index contributed by atoms with van der Waals surface area (Å²) in [5.41, 5.74) is 1.17. The van der Waals surface area contributed by atoms with E-state index in [1.54, 1.807) is 13.0 Å². The highest BCUT2D eigenvalue weighted by Gasteiger charge is 2.09. The fraction of sp³-hybridized carbons (Fsp3) is 0.462. The third-order valence-electron chi connectivity index (χ3n) is 2.51. The van der Waals surface area contributed by atoms with Gasteiger partial charge < -0.3 is 5.32 Å². The van der Waals surface area contributed by atoms with E-state index >= 15 is 0 Å². The fourth-order valence-corrected chi connectivity index (χ4v) is 1.67. The normalized spacial score (nSPS) is 12.2. The maximum atomic E-state index is 13.0. The van der Waals surface area contributed by atoms with E-state index in [4.69, 9.17) is 11.6 Å². The van der Waals surface area contributed by atoms with E-state index in [0.29, 0.717) is 12.1 Å². The highest BCUT2D eigenvalue weighted by molar-refractivity contribution is 6.20. The molecule has 1 aromatic rings. The molecule has 0 saturated carbocycles. The molecule has 4 heteroatoms.